The van der Waals surface area contributed by atoms with Gasteiger partial charge >= 0.3 is 0 Å². The standard InChI is InChI=1S/C7H12N2.C4H8O.C3H4O2.H3N.H2O/c1-5(2)7-8-4-6(3)9-7;1-4(2)3-5;1-3(5)2-4;;/h4-5H,1-3H3,(H,8,9);3-4H,1-2H3;2H,1H3;1H3;1H2. The Kier molecular flexibility index (Phi) is 21.2. The number of hydrogen-bond acceptors (Lipinski definition) is 5. The summed E-state index contributed by atoms with van der Waals surface area (Å²) in [5, 5.41) is 0. The Bertz CT molecular complexity index is 387. The van der Waals surface area contributed by atoms with E-state index in [1.165, 1.54) is 6.92 Å². The van der Waals surface area contributed by atoms with Gasteiger partial charge in [-0.3, -0.25) is 9.59 Å². The van der Waals surface area contributed by atoms with Gasteiger partial charge in [0.25, 0.3) is 0 Å². The van der Waals surface area contributed by atoms with E-state index >= 15 is 0 Å². The zero-order valence-corrected chi connectivity index (χ0v) is 13.8. The summed E-state index contributed by atoms with van der Waals surface area (Å²) in [4.78, 5) is 35.4. The van der Waals surface area contributed by atoms with Crippen LogP contribution in [-0.2, 0) is 14.4 Å². The Morgan fingerprint density at radius 2 is 1.62 bits per heavy atom. The van der Waals surface area contributed by atoms with Gasteiger partial charge in [0, 0.05) is 30.7 Å². The summed E-state index contributed by atoms with van der Waals surface area (Å²) >= 11 is 0. The number of carbonyl (C=O) groups excluding carboxylic acids is 3. The van der Waals surface area contributed by atoms with Crippen molar-refractivity contribution in [3.8, 4) is 0 Å². The smallest absolute Gasteiger partial charge is 0.192 e. The Morgan fingerprint density at radius 1 is 1.24 bits per heavy atom. The Labute approximate surface area is 126 Å². The van der Waals surface area contributed by atoms with Crippen molar-refractivity contribution in [2.24, 2.45) is 5.92 Å². The first-order chi connectivity index (χ1) is 8.74. The number of aromatic nitrogens is 2. The van der Waals surface area contributed by atoms with Crippen LogP contribution in [0.5, 0.6) is 0 Å². The summed E-state index contributed by atoms with van der Waals surface area (Å²) in [6, 6.07) is 0. The first-order valence-corrected chi connectivity index (χ1v) is 6.17. The fraction of sp³-hybridized carbons (Fsp3) is 0.571. The second-order valence-electron chi connectivity index (χ2n) is 4.71. The van der Waals surface area contributed by atoms with E-state index in [-0.39, 0.29) is 23.8 Å². The highest BCUT2D eigenvalue weighted by Crippen LogP contribution is 2.08. The fourth-order valence-electron chi connectivity index (χ4n) is 0.726. The summed E-state index contributed by atoms with van der Waals surface area (Å²) in [7, 11) is 0. The van der Waals surface area contributed by atoms with Gasteiger partial charge in [-0.2, -0.15) is 0 Å². The fourth-order valence-corrected chi connectivity index (χ4v) is 0.726. The minimum absolute atomic E-state index is 0. The number of rotatable bonds is 3. The molecule has 124 valence electrons. The third-order valence-corrected chi connectivity index (χ3v) is 1.71. The molecule has 6 N–H and O–H groups in total. The number of nitrogens with one attached hydrogen (secondary N) is 1. The van der Waals surface area contributed by atoms with Crippen LogP contribution in [0.2, 0.25) is 0 Å². The van der Waals surface area contributed by atoms with Crippen LogP contribution in [0, 0.1) is 12.8 Å². The summed E-state index contributed by atoms with van der Waals surface area (Å²) < 4.78 is 0. The number of H-pyrrole nitrogens is 1. The van der Waals surface area contributed by atoms with Gasteiger partial charge in [0.2, 0.25) is 0 Å². The number of aromatic amines is 1. The van der Waals surface area contributed by atoms with Crippen LogP contribution < -0.4 is 6.15 Å². The molecule has 1 rings (SSSR count). The molecular formula is C14H29N3O4. The lowest BCUT2D eigenvalue weighted by atomic mass is 10.2. The third kappa shape index (κ3) is 20.6. The molecule has 0 aromatic carbocycles. The molecule has 1 aromatic heterocycles. The van der Waals surface area contributed by atoms with Gasteiger partial charge in [0.05, 0.1) is 0 Å². The van der Waals surface area contributed by atoms with Crippen molar-refractivity contribution in [2.75, 3.05) is 0 Å². The monoisotopic (exact) mass is 303 g/mol. The molecule has 1 heterocycles. The van der Waals surface area contributed by atoms with Crippen molar-refractivity contribution in [1.29, 1.82) is 0 Å². The van der Waals surface area contributed by atoms with Crippen LogP contribution in [-0.4, -0.2) is 33.8 Å². The molecule has 0 radical (unpaired) electrons. The highest BCUT2D eigenvalue weighted by Gasteiger charge is 1.99. The van der Waals surface area contributed by atoms with Crippen molar-refractivity contribution < 1.29 is 19.9 Å². The topological polar surface area (TPSA) is 146 Å². The molecule has 0 aliphatic rings. The number of hydrogen-bond donors (Lipinski definition) is 2. The Hall–Kier alpha value is -1.86. The number of carbonyl (C=O) groups is 3. The molecule has 0 atom stereocenters. The van der Waals surface area contributed by atoms with Crippen molar-refractivity contribution in [2.45, 2.75) is 47.5 Å². The number of nitrogens with zero attached hydrogens (tertiary/aromatic N) is 1. The molecule has 0 saturated carbocycles. The number of Topliss-reactive ketones (excluding diaryl/α,β-unsaturated/α-hetero) is 1. The summed E-state index contributed by atoms with van der Waals surface area (Å²) in [5.74, 6) is 1.37. The van der Waals surface area contributed by atoms with Gasteiger partial charge in [-0.15, -0.1) is 0 Å². The van der Waals surface area contributed by atoms with Gasteiger partial charge in [-0.05, 0) is 6.92 Å². The molecule has 0 unspecified atom stereocenters. The van der Waals surface area contributed by atoms with E-state index in [0.717, 1.165) is 17.8 Å². The molecular weight excluding hydrogens is 274 g/mol. The van der Waals surface area contributed by atoms with Crippen LogP contribution in [0.1, 0.15) is 52.1 Å². The normalized spacial score (nSPS) is 8.19. The molecule has 0 saturated heterocycles. The van der Waals surface area contributed by atoms with Crippen LogP contribution in [0.4, 0.5) is 0 Å². The lowest BCUT2D eigenvalue weighted by Gasteiger charge is -1.95. The molecule has 0 bridgehead atoms. The van der Waals surface area contributed by atoms with Gasteiger partial charge < -0.3 is 21.4 Å². The molecule has 0 aliphatic heterocycles. The quantitative estimate of drug-likeness (QED) is 0.645. The van der Waals surface area contributed by atoms with Crippen molar-refractivity contribution in [3.63, 3.8) is 0 Å². The van der Waals surface area contributed by atoms with Crippen LogP contribution in [0.25, 0.3) is 0 Å². The molecule has 7 nitrogen and oxygen atoms in total. The minimum atomic E-state index is -0.426. The summed E-state index contributed by atoms with van der Waals surface area (Å²) in [6.07, 6.45) is 3.05. The number of aryl methyl sites for hydroxylation is 1. The third-order valence-electron chi connectivity index (χ3n) is 1.71. The van der Waals surface area contributed by atoms with Gasteiger partial charge in [0.15, 0.2) is 12.1 Å². The Morgan fingerprint density at radius 3 is 1.71 bits per heavy atom. The lowest BCUT2D eigenvalue weighted by molar-refractivity contribution is -0.128. The minimum Gasteiger partial charge on any atom is -0.412 e. The van der Waals surface area contributed by atoms with Crippen LogP contribution in [0.15, 0.2) is 6.20 Å². The molecule has 0 aliphatic carbocycles. The van der Waals surface area contributed by atoms with E-state index in [0.29, 0.717) is 5.92 Å². The van der Waals surface area contributed by atoms with Crippen molar-refractivity contribution in [3.05, 3.63) is 17.7 Å². The molecule has 0 spiro atoms. The molecule has 1 aromatic rings. The van der Waals surface area contributed by atoms with E-state index in [4.69, 9.17) is 4.79 Å². The summed E-state index contributed by atoms with van der Waals surface area (Å²) in [6.45, 7) is 11.2. The second-order valence-corrected chi connectivity index (χ2v) is 4.71. The average Bonchev–Trinajstić information content (AvgIpc) is 2.77. The first kappa shape index (κ1) is 27.5. The number of imidazole rings is 1. The largest absolute Gasteiger partial charge is 0.412 e. The van der Waals surface area contributed by atoms with E-state index in [1.807, 2.05) is 27.0 Å². The molecule has 21 heavy (non-hydrogen) atoms. The predicted molar refractivity (Wildman–Crippen MR) is 83.7 cm³/mol. The Balaban J connectivity index is -0.000000106. The lowest BCUT2D eigenvalue weighted by Crippen LogP contribution is -1.88. The maximum atomic E-state index is 9.50. The van der Waals surface area contributed by atoms with Crippen molar-refractivity contribution in [1.82, 2.24) is 16.1 Å². The maximum absolute atomic E-state index is 9.50. The summed E-state index contributed by atoms with van der Waals surface area (Å²) in [5.41, 5.74) is 1.14. The predicted octanol–water partition coefficient (Wildman–Crippen LogP) is 1.79. The average molecular weight is 303 g/mol. The number of ketones is 1. The zero-order chi connectivity index (χ0) is 15.4. The first-order valence-electron chi connectivity index (χ1n) is 6.17. The van der Waals surface area contributed by atoms with Crippen LogP contribution >= 0.6 is 0 Å². The highest BCUT2D eigenvalue weighted by molar-refractivity contribution is 6.23. The molecule has 0 fully saturated rings. The molecule has 7 heteroatoms. The SMILES string of the molecule is CC(=O)C=O.CC(C)C=O.Cc1cnc(C(C)C)[nH]1.N.O. The van der Waals surface area contributed by atoms with E-state index in [9.17, 15) is 9.59 Å². The van der Waals surface area contributed by atoms with Gasteiger partial charge in [0.1, 0.15) is 12.1 Å². The maximum Gasteiger partial charge on any atom is 0.192 e. The van der Waals surface area contributed by atoms with E-state index in [2.05, 4.69) is 23.8 Å². The van der Waals surface area contributed by atoms with E-state index in [1.54, 1.807) is 0 Å². The zero-order valence-electron chi connectivity index (χ0n) is 13.8. The van der Waals surface area contributed by atoms with E-state index < -0.39 is 5.78 Å². The second kappa shape index (κ2) is 16.2. The number of aldehydes is 2. The molecule has 0 amide bonds. The van der Waals surface area contributed by atoms with Gasteiger partial charge in [-0.1, -0.05) is 27.7 Å². The van der Waals surface area contributed by atoms with Gasteiger partial charge in [-0.25, -0.2) is 4.98 Å². The highest BCUT2D eigenvalue weighted by atomic mass is 16.2. The van der Waals surface area contributed by atoms with Crippen LogP contribution in [0.3, 0.4) is 0 Å². The van der Waals surface area contributed by atoms with Crippen molar-refractivity contribution >= 4 is 18.4 Å².